The van der Waals surface area contributed by atoms with E-state index >= 15 is 0 Å². The van der Waals surface area contributed by atoms with Crippen LogP contribution in [0.3, 0.4) is 0 Å². The van der Waals surface area contributed by atoms with Gasteiger partial charge >= 0.3 is 0 Å². The van der Waals surface area contributed by atoms with Crippen LogP contribution >= 0.6 is 23.2 Å². The molecule has 0 N–H and O–H groups in total. The van der Waals surface area contributed by atoms with Crippen LogP contribution in [0.25, 0.3) is 0 Å². The summed E-state index contributed by atoms with van der Waals surface area (Å²) in [6.45, 7) is 2.25. The Morgan fingerprint density at radius 2 is 1.92 bits per heavy atom. The Bertz CT molecular complexity index is 139. The molecule has 0 heterocycles. The highest BCUT2D eigenvalue weighted by Crippen LogP contribution is 2.46. The molecular weight excluding hydrogens is 204 g/mol. The highest BCUT2D eigenvalue weighted by Gasteiger charge is 2.41. The molecule has 1 aliphatic carbocycles. The molecule has 1 aliphatic rings. The summed E-state index contributed by atoms with van der Waals surface area (Å²) in [7, 11) is 0. The van der Waals surface area contributed by atoms with Gasteiger partial charge in [-0.05, 0) is 18.8 Å². The van der Waals surface area contributed by atoms with E-state index < -0.39 is 0 Å². The fourth-order valence-electron chi connectivity index (χ4n) is 2.15. The molecule has 0 unspecified atom stereocenters. The molecule has 0 saturated heterocycles. The van der Waals surface area contributed by atoms with Crippen LogP contribution in [0.4, 0.5) is 0 Å². The van der Waals surface area contributed by atoms with Crippen molar-refractivity contribution in [3.05, 3.63) is 0 Å². The number of unbranched alkanes of at least 4 members (excludes halogenated alkanes) is 3. The summed E-state index contributed by atoms with van der Waals surface area (Å²) in [6.07, 6.45) is 9.14. The minimum absolute atomic E-state index is 0.0308. The van der Waals surface area contributed by atoms with Crippen molar-refractivity contribution in [2.45, 2.75) is 56.7 Å². The third-order valence-corrected chi connectivity index (χ3v) is 4.11. The minimum atomic E-state index is -0.0308. The number of hydrogen-bond donors (Lipinski definition) is 0. The average Bonchev–Trinajstić information content (AvgIpc) is 2.08. The second-order valence-electron chi connectivity index (χ2n) is 4.41. The fraction of sp³-hybridized carbons (Fsp3) is 1.00. The van der Waals surface area contributed by atoms with E-state index in [4.69, 9.17) is 23.2 Å². The molecule has 1 rings (SSSR count). The summed E-state index contributed by atoms with van der Waals surface area (Å²) < 4.78 is 0. The van der Waals surface area contributed by atoms with Gasteiger partial charge in [-0.3, -0.25) is 0 Å². The van der Waals surface area contributed by atoms with E-state index in [0.29, 0.717) is 5.88 Å². The lowest BCUT2D eigenvalue weighted by Gasteiger charge is -2.42. The average molecular weight is 224 g/mol. The predicted octanol–water partition coefficient (Wildman–Crippen LogP) is 4.58. The van der Waals surface area contributed by atoms with E-state index in [9.17, 15) is 0 Å². The van der Waals surface area contributed by atoms with E-state index in [2.05, 4.69) is 6.92 Å². The number of hydrogen-bond acceptors (Lipinski definition) is 0. The Hall–Kier alpha value is 0.580. The van der Waals surface area contributed by atoms with Crippen molar-refractivity contribution < 1.29 is 0 Å². The zero-order valence-corrected chi connectivity index (χ0v) is 10.0. The molecule has 2 heteroatoms. The van der Waals surface area contributed by atoms with E-state index in [1.165, 1.54) is 32.1 Å². The van der Waals surface area contributed by atoms with Gasteiger partial charge in [-0.15, -0.1) is 23.2 Å². The monoisotopic (exact) mass is 223 g/mol. The molecule has 0 atom stereocenters. The molecule has 0 aromatic carbocycles. The first kappa shape index (κ1) is 11.7. The maximum absolute atomic E-state index is 6.19. The van der Waals surface area contributed by atoms with Crippen LogP contribution in [0.15, 0.2) is 0 Å². The minimum Gasteiger partial charge on any atom is -0.125 e. The number of rotatable bonds is 6. The lowest BCUT2D eigenvalue weighted by Crippen LogP contribution is -2.40. The summed E-state index contributed by atoms with van der Waals surface area (Å²) in [4.78, 5) is -0.0308. The molecule has 0 amide bonds. The highest BCUT2D eigenvalue weighted by atomic mass is 35.5. The topological polar surface area (TPSA) is 0 Å². The number of halogens is 2. The maximum atomic E-state index is 6.19. The lowest BCUT2D eigenvalue weighted by molar-refractivity contribution is 0.222. The van der Waals surface area contributed by atoms with Crippen molar-refractivity contribution in [2.24, 2.45) is 5.92 Å². The molecule has 78 valence electrons. The second-order valence-corrected chi connectivity index (χ2v) is 5.48. The van der Waals surface area contributed by atoms with Crippen molar-refractivity contribution >= 4 is 23.2 Å². The zero-order valence-electron chi connectivity index (χ0n) is 8.49. The van der Waals surface area contributed by atoms with Crippen molar-refractivity contribution in [1.29, 1.82) is 0 Å². The van der Waals surface area contributed by atoms with Crippen LogP contribution in [0.5, 0.6) is 0 Å². The summed E-state index contributed by atoms with van der Waals surface area (Å²) in [5, 5.41) is 0. The fourth-order valence-corrected chi connectivity index (χ4v) is 2.80. The molecule has 0 bridgehead atoms. The Kier molecular flexibility index (Phi) is 4.89. The van der Waals surface area contributed by atoms with Gasteiger partial charge in [0.05, 0.1) is 4.87 Å². The first-order valence-corrected chi connectivity index (χ1v) is 6.36. The van der Waals surface area contributed by atoms with Crippen molar-refractivity contribution in [2.75, 3.05) is 5.88 Å². The standard InChI is InChI=1S/C11H20Cl2/c1-2-3-4-5-6-10-7-11(13,8-10)9-12/h10H,2-9H2,1H3/i9+1. The number of alkyl halides is 2. The second kappa shape index (κ2) is 5.46. The summed E-state index contributed by atoms with van der Waals surface area (Å²) in [5.41, 5.74) is 0. The molecule has 0 nitrogen and oxygen atoms in total. The maximum Gasteiger partial charge on any atom is 0.0587 e. The summed E-state index contributed by atoms with van der Waals surface area (Å²) in [6, 6.07) is 0. The van der Waals surface area contributed by atoms with Crippen LogP contribution in [0, 0.1) is 5.92 Å². The van der Waals surface area contributed by atoms with Crippen LogP contribution in [0.1, 0.15) is 51.9 Å². The van der Waals surface area contributed by atoms with Crippen molar-refractivity contribution in [1.82, 2.24) is 0 Å². The third-order valence-electron chi connectivity index (χ3n) is 3.01. The van der Waals surface area contributed by atoms with Crippen LogP contribution in [-0.2, 0) is 0 Å². The van der Waals surface area contributed by atoms with Gasteiger partial charge in [0, 0.05) is 5.88 Å². The Balaban J connectivity index is 1.96. The van der Waals surface area contributed by atoms with Crippen molar-refractivity contribution in [3.8, 4) is 0 Å². The SMILES string of the molecule is CCCCCCC1CC(Cl)([13CH2]Cl)C1. The van der Waals surface area contributed by atoms with E-state index in [1.807, 2.05) is 0 Å². The van der Waals surface area contributed by atoms with Gasteiger partial charge in [-0.1, -0.05) is 39.0 Å². The largest absolute Gasteiger partial charge is 0.125 e. The van der Waals surface area contributed by atoms with Gasteiger partial charge in [0.15, 0.2) is 0 Å². The first-order valence-electron chi connectivity index (χ1n) is 5.45. The highest BCUT2D eigenvalue weighted by molar-refractivity contribution is 6.31. The summed E-state index contributed by atoms with van der Waals surface area (Å²) in [5.74, 6) is 1.49. The predicted molar refractivity (Wildman–Crippen MR) is 60.8 cm³/mol. The molecule has 0 aromatic rings. The molecule has 13 heavy (non-hydrogen) atoms. The van der Waals surface area contributed by atoms with Gasteiger partial charge in [-0.2, -0.15) is 0 Å². The van der Waals surface area contributed by atoms with Gasteiger partial charge in [0.2, 0.25) is 0 Å². The molecule has 0 aliphatic heterocycles. The Morgan fingerprint density at radius 1 is 1.23 bits per heavy atom. The van der Waals surface area contributed by atoms with Crippen molar-refractivity contribution in [3.63, 3.8) is 0 Å². The lowest BCUT2D eigenvalue weighted by atomic mass is 9.75. The van der Waals surface area contributed by atoms with Gasteiger partial charge in [0.1, 0.15) is 0 Å². The quantitative estimate of drug-likeness (QED) is 0.352. The molecular formula is C11H20Cl2. The van der Waals surface area contributed by atoms with Gasteiger partial charge in [-0.25, -0.2) is 0 Å². The molecule has 1 fully saturated rings. The normalized spacial score (nSPS) is 33.0. The molecule has 1 saturated carbocycles. The molecule has 0 radical (unpaired) electrons. The molecule has 0 aromatic heterocycles. The van der Waals surface area contributed by atoms with E-state index in [-0.39, 0.29) is 4.87 Å². The van der Waals surface area contributed by atoms with Crippen LogP contribution in [-0.4, -0.2) is 10.8 Å². The third kappa shape index (κ3) is 3.67. The Labute approximate surface area is 92.0 Å². The van der Waals surface area contributed by atoms with Gasteiger partial charge in [0.25, 0.3) is 0 Å². The van der Waals surface area contributed by atoms with Gasteiger partial charge < -0.3 is 0 Å². The molecule has 0 spiro atoms. The van der Waals surface area contributed by atoms with Crippen LogP contribution in [0.2, 0.25) is 0 Å². The van der Waals surface area contributed by atoms with E-state index in [0.717, 1.165) is 18.8 Å². The van der Waals surface area contributed by atoms with E-state index in [1.54, 1.807) is 0 Å². The summed E-state index contributed by atoms with van der Waals surface area (Å²) >= 11 is 12.0. The first-order chi connectivity index (χ1) is 6.20. The zero-order chi connectivity index (χ0) is 9.73. The van der Waals surface area contributed by atoms with Crippen LogP contribution < -0.4 is 0 Å². The Morgan fingerprint density at radius 3 is 2.46 bits per heavy atom. The smallest absolute Gasteiger partial charge is 0.0587 e.